The van der Waals surface area contributed by atoms with Gasteiger partial charge in [-0.15, -0.1) is 0 Å². The van der Waals surface area contributed by atoms with Crippen LogP contribution in [0, 0.1) is 6.92 Å². The molecule has 0 aliphatic rings. The van der Waals surface area contributed by atoms with Crippen LogP contribution in [0.15, 0.2) is 48.5 Å². The average molecular weight is 269 g/mol. The predicted octanol–water partition coefficient (Wildman–Crippen LogP) is 4.24. The van der Waals surface area contributed by atoms with Crippen LogP contribution in [0.4, 0.5) is 0 Å². The van der Waals surface area contributed by atoms with Crippen molar-refractivity contribution in [1.29, 1.82) is 0 Å². The van der Waals surface area contributed by atoms with Crippen LogP contribution in [-0.4, -0.2) is 7.11 Å². The fourth-order valence-electron chi connectivity index (χ4n) is 2.38. The highest BCUT2D eigenvalue weighted by Gasteiger charge is 2.09. The van der Waals surface area contributed by atoms with Crippen LogP contribution >= 0.6 is 0 Å². The first-order valence-corrected chi connectivity index (χ1v) is 7.16. The third-order valence-electron chi connectivity index (χ3n) is 3.73. The normalized spacial score (nSPS) is 12.2. The molecule has 2 aromatic carbocycles. The number of rotatable bonds is 6. The Morgan fingerprint density at radius 2 is 1.75 bits per heavy atom. The monoisotopic (exact) mass is 269 g/mol. The van der Waals surface area contributed by atoms with Crippen molar-refractivity contribution in [2.75, 3.05) is 7.11 Å². The summed E-state index contributed by atoms with van der Waals surface area (Å²) in [5.41, 5.74) is 4.01. The highest BCUT2D eigenvalue weighted by molar-refractivity contribution is 5.30. The van der Waals surface area contributed by atoms with Gasteiger partial charge in [-0.1, -0.05) is 43.3 Å². The van der Waals surface area contributed by atoms with Crippen molar-refractivity contribution in [3.05, 3.63) is 65.2 Å². The van der Waals surface area contributed by atoms with Crippen LogP contribution in [0.2, 0.25) is 0 Å². The lowest BCUT2D eigenvalue weighted by atomic mass is 10.0. The maximum absolute atomic E-state index is 5.21. The quantitative estimate of drug-likeness (QED) is 0.846. The summed E-state index contributed by atoms with van der Waals surface area (Å²) in [5.74, 6) is 0.905. The molecule has 0 amide bonds. The van der Waals surface area contributed by atoms with Gasteiger partial charge in [0.15, 0.2) is 0 Å². The second kappa shape index (κ2) is 7.11. The molecule has 0 aliphatic carbocycles. The van der Waals surface area contributed by atoms with E-state index in [1.54, 1.807) is 7.11 Å². The molecule has 0 aliphatic heterocycles. The van der Waals surface area contributed by atoms with Crippen molar-refractivity contribution in [2.24, 2.45) is 0 Å². The molecular formula is C18H23NO. The summed E-state index contributed by atoms with van der Waals surface area (Å²) in [6, 6.07) is 17.2. The fraction of sp³-hybridized carbons (Fsp3) is 0.333. The van der Waals surface area contributed by atoms with Crippen molar-refractivity contribution in [3.8, 4) is 5.75 Å². The van der Waals surface area contributed by atoms with Gasteiger partial charge in [0.2, 0.25) is 0 Å². The standard InChI is InChI=1S/C18H23NO/c1-4-18(15-9-11-17(20-3)12-10-15)19-13-16-8-6-5-7-14(16)2/h5-12,18-19H,4,13H2,1-3H3. The van der Waals surface area contributed by atoms with Gasteiger partial charge >= 0.3 is 0 Å². The van der Waals surface area contributed by atoms with E-state index in [1.807, 2.05) is 12.1 Å². The molecule has 1 unspecified atom stereocenters. The lowest BCUT2D eigenvalue weighted by Gasteiger charge is -2.18. The smallest absolute Gasteiger partial charge is 0.118 e. The topological polar surface area (TPSA) is 21.3 Å². The average Bonchev–Trinajstić information content (AvgIpc) is 2.50. The van der Waals surface area contributed by atoms with Crippen molar-refractivity contribution in [2.45, 2.75) is 32.9 Å². The largest absolute Gasteiger partial charge is 0.497 e. The number of hydrogen-bond donors (Lipinski definition) is 1. The van der Waals surface area contributed by atoms with Gasteiger partial charge in [-0.05, 0) is 42.2 Å². The van der Waals surface area contributed by atoms with Crippen molar-refractivity contribution in [1.82, 2.24) is 5.32 Å². The summed E-state index contributed by atoms with van der Waals surface area (Å²) in [5, 5.41) is 3.64. The Labute approximate surface area is 121 Å². The SMILES string of the molecule is CCC(NCc1ccccc1C)c1ccc(OC)cc1. The Morgan fingerprint density at radius 1 is 1.05 bits per heavy atom. The molecule has 0 spiro atoms. The first-order chi connectivity index (χ1) is 9.74. The molecule has 0 bridgehead atoms. The van der Waals surface area contributed by atoms with Gasteiger partial charge in [-0.2, -0.15) is 0 Å². The van der Waals surface area contributed by atoms with E-state index >= 15 is 0 Å². The molecule has 2 heteroatoms. The number of hydrogen-bond acceptors (Lipinski definition) is 2. The van der Waals surface area contributed by atoms with Gasteiger partial charge in [0.05, 0.1) is 7.11 Å². The van der Waals surface area contributed by atoms with Crippen molar-refractivity contribution in [3.63, 3.8) is 0 Å². The second-order valence-corrected chi connectivity index (χ2v) is 5.04. The molecule has 106 valence electrons. The zero-order valence-corrected chi connectivity index (χ0v) is 12.5. The summed E-state index contributed by atoms with van der Waals surface area (Å²) in [7, 11) is 1.70. The Morgan fingerprint density at radius 3 is 2.35 bits per heavy atom. The first kappa shape index (κ1) is 14.6. The zero-order chi connectivity index (χ0) is 14.4. The van der Waals surface area contributed by atoms with Crippen molar-refractivity contribution < 1.29 is 4.74 Å². The fourth-order valence-corrected chi connectivity index (χ4v) is 2.38. The molecule has 0 fully saturated rings. The third kappa shape index (κ3) is 3.61. The molecule has 0 saturated heterocycles. The molecule has 0 radical (unpaired) electrons. The molecule has 2 nitrogen and oxygen atoms in total. The summed E-state index contributed by atoms with van der Waals surface area (Å²) in [6.07, 6.45) is 1.07. The van der Waals surface area contributed by atoms with E-state index in [0.717, 1.165) is 18.7 Å². The number of nitrogens with one attached hydrogen (secondary N) is 1. The van der Waals surface area contributed by atoms with E-state index in [9.17, 15) is 0 Å². The number of aryl methyl sites for hydroxylation is 1. The molecule has 0 saturated carbocycles. The molecule has 2 rings (SSSR count). The predicted molar refractivity (Wildman–Crippen MR) is 84.0 cm³/mol. The van der Waals surface area contributed by atoms with Gasteiger partial charge in [-0.3, -0.25) is 0 Å². The van der Waals surface area contributed by atoms with E-state index in [2.05, 4.69) is 55.6 Å². The van der Waals surface area contributed by atoms with Crippen LogP contribution in [0.1, 0.15) is 36.1 Å². The third-order valence-corrected chi connectivity index (χ3v) is 3.73. The summed E-state index contributed by atoms with van der Waals surface area (Å²) >= 11 is 0. The van der Waals surface area contributed by atoms with Crippen LogP contribution in [0.25, 0.3) is 0 Å². The van der Waals surface area contributed by atoms with Gasteiger partial charge in [-0.25, -0.2) is 0 Å². The Bertz CT molecular complexity index is 533. The minimum absolute atomic E-state index is 0.375. The van der Waals surface area contributed by atoms with Gasteiger partial charge in [0, 0.05) is 12.6 Å². The molecule has 1 atom stereocenters. The van der Waals surface area contributed by atoms with E-state index < -0.39 is 0 Å². The number of ether oxygens (including phenoxy) is 1. The highest BCUT2D eigenvalue weighted by atomic mass is 16.5. The van der Waals surface area contributed by atoms with Gasteiger partial charge in [0.25, 0.3) is 0 Å². The van der Waals surface area contributed by atoms with Crippen LogP contribution in [0.5, 0.6) is 5.75 Å². The van der Waals surface area contributed by atoms with E-state index in [4.69, 9.17) is 4.74 Å². The highest BCUT2D eigenvalue weighted by Crippen LogP contribution is 2.21. The Balaban J connectivity index is 2.03. The van der Waals surface area contributed by atoms with Crippen LogP contribution in [-0.2, 0) is 6.54 Å². The Hall–Kier alpha value is -1.80. The summed E-state index contributed by atoms with van der Waals surface area (Å²) < 4.78 is 5.21. The maximum atomic E-state index is 5.21. The zero-order valence-electron chi connectivity index (χ0n) is 12.5. The van der Waals surface area contributed by atoms with E-state index in [1.165, 1.54) is 16.7 Å². The van der Waals surface area contributed by atoms with E-state index in [0.29, 0.717) is 6.04 Å². The van der Waals surface area contributed by atoms with Crippen LogP contribution in [0.3, 0.4) is 0 Å². The minimum Gasteiger partial charge on any atom is -0.497 e. The number of benzene rings is 2. The summed E-state index contributed by atoms with van der Waals surface area (Å²) in [6.45, 7) is 5.27. The summed E-state index contributed by atoms with van der Waals surface area (Å²) in [4.78, 5) is 0. The Kier molecular flexibility index (Phi) is 5.19. The first-order valence-electron chi connectivity index (χ1n) is 7.16. The number of methoxy groups -OCH3 is 1. The molecular weight excluding hydrogens is 246 g/mol. The molecule has 0 aromatic heterocycles. The van der Waals surface area contributed by atoms with Gasteiger partial charge in [0.1, 0.15) is 5.75 Å². The molecule has 0 heterocycles. The van der Waals surface area contributed by atoms with Crippen LogP contribution < -0.4 is 10.1 Å². The minimum atomic E-state index is 0.375. The molecule has 1 N–H and O–H groups in total. The lowest BCUT2D eigenvalue weighted by molar-refractivity contribution is 0.414. The second-order valence-electron chi connectivity index (χ2n) is 5.04. The van der Waals surface area contributed by atoms with E-state index in [-0.39, 0.29) is 0 Å². The lowest BCUT2D eigenvalue weighted by Crippen LogP contribution is -2.20. The molecule has 20 heavy (non-hydrogen) atoms. The molecule has 2 aromatic rings. The van der Waals surface area contributed by atoms with Gasteiger partial charge < -0.3 is 10.1 Å². The maximum Gasteiger partial charge on any atom is 0.118 e. The van der Waals surface area contributed by atoms with Crippen molar-refractivity contribution >= 4 is 0 Å².